The monoisotopic (exact) mass is 349 g/mol. The van der Waals surface area contributed by atoms with E-state index in [0.717, 1.165) is 29.5 Å². The second kappa shape index (κ2) is 6.71. The third kappa shape index (κ3) is 3.98. The zero-order chi connectivity index (χ0) is 18.2. The predicted molar refractivity (Wildman–Crippen MR) is 91.3 cm³/mol. The van der Waals surface area contributed by atoms with Gasteiger partial charge in [0.2, 0.25) is 0 Å². The molecular formula is C20H22F3NO. The van der Waals surface area contributed by atoms with Gasteiger partial charge in [-0.3, -0.25) is 4.90 Å². The van der Waals surface area contributed by atoms with Crippen molar-refractivity contribution >= 4 is 0 Å². The van der Waals surface area contributed by atoms with Crippen molar-refractivity contribution in [1.82, 2.24) is 4.90 Å². The van der Waals surface area contributed by atoms with Gasteiger partial charge in [-0.1, -0.05) is 18.2 Å². The number of benzene rings is 2. The minimum Gasteiger partial charge on any atom is -0.508 e. The van der Waals surface area contributed by atoms with Crippen LogP contribution in [0.2, 0.25) is 0 Å². The Bertz CT molecular complexity index is 770. The molecule has 25 heavy (non-hydrogen) atoms. The highest BCUT2D eigenvalue weighted by Crippen LogP contribution is 2.34. The van der Waals surface area contributed by atoms with Crippen LogP contribution in [0.3, 0.4) is 0 Å². The number of aromatic hydroxyl groups is 1. The molecule has 3 rings (SSSR count). The van der Waals surface area contributed by atoms with Crippen molar-refractivity contribution < 1.29 is 18.3 Å². The maximum atomic E-state index is 12.9. The minimum absolute atomic E-state index is 0.274. The van der Waals surface area contributed by atoms with Crippen LogP contribution in [-0.2, 0) is 25.7 Å². The molecule has 2 aromatic rings. The Morgan fingerprint density at radius 3 is 2.48 bits per heavy atom. The molecule has 1 heterocycles. The lowest BCUT2D eigenvalue weighted by Gasteiger charge is -2.23. The first kappa shape index (κ1) is 17.8. The fraction of sp³-hybridized carbons (Fsp3) is 0.400. The first-order valence-electron chi connectivity index (χ1n) is 8.45. The van der Waals surface area contributed by atoms with Gasteiger partial charge in [0.25, 0.3) is 0 Å². The summed E-state index contributed by atoms with van der Waals surface area (Å²) in [5.74, 6) is 0.298. The van der Waals surface area contributed by atoms with Crippen LogP contribution in [0.5, 0.6) is 5.75 Å². The summed E-state index contributed by atoms with van der Waals surface area (Å²) in [6.45, 7) is 5.25. The lowest BCUT2D eigenvalue weighted by molar-refractivity contribution is -0.137. The molecule has 0 amide bonds. The minimum atomic E-state index is -4.29. The lowest BCUT2D eigenvalue weighted by atomic mass is 10.0. The molecule has 0 bridgehead atoms. The van der Waals surface area contributed by atoms with Crippen molar-refractivity contribution in [2.75, 3.05) is 0 Å². The van der Waals surface area contributed by atoms with Crippen molar-refractivity contribution in [1.29, 1.82) is 0 Å². The quantitative estimate of drug-likeness (QED) is 0.834. The summed E-state index contributed by atoms with van der Waals surface area (Å²) < 4.78 is 38.6. The summed E-state index contributed by atoms with van der Waals surface area (Å²) in [5.41, 5.74) is 3.22. The molecule has 0 fully saturated rings. The van der Waals surface area contributed by atoms with E-state index in [4.69, 9.17) is 0 Å². The van der Waals surface area contributed by atoms with Crippen LogP contribution in [-0.4, -0.2) is 16.0 Å². The Hall–Kier alpha value is -2.01. The third-order valence-corrected chi connectivity index (χ3v) is 5.02. The summed E-state index contributed by atoms with van der Waals surface area (Å²) in [4.78, 5) is 2.22. The van der Waals surface area contributed by atoms with E-state index in [0.29, 0.717) is 18.8 Å². The molecule has 2 nitrogen and oxygen atoms in total. The molecule has 5 heteroatoms. The first-order valence-corrected chi connectivity index (χ1v) is 8.45. The van der Waals surface area contributed by atoms with Gasteiger partial charge in [0.15, 0.2) is 0 Å². The maximum Gasteiger partial charge on any atom is 0.416 e. The second-order valence-electron chi connectivity index (χ2n) is 6.89. The Labute approximate surface area is 145 Å². The van der Waals surface area contributed by atoms with Crippen LogP contribution in [0, 0.1) is 6.92 Å². The molecule has 0 saturated heterocycles. The van der Waals surface area contributed by atoms with E-state index in [-0.39, 0.29) is 6.04 Å². The fourth-order valence-electron chi connectivity index (χ4n) is 3.34. The number of alkyl halides is 3. The number of hydrogen-bond donors (Lipinski definition) is 1. The molecule has 0 unspecified atom stereocenters. The Morgan fingerprint density at radius 1 is 1.08 bits per heavy atom. The summed E-state index contributed by atoms with van der Waals surface area (Å²) in [5, 5.41) is 9.59. The van der Waals surface area contributed by atoms with E-state index in [1.807, 2.05) is 19.1 Å². The van der Waals surface area contributed by atoms with E-state index < -0.39 is 11.7 Å². The molecule has 1 atom stereocenters. The van der Waals surface area contributed by atoms with Crippen molar-refractivity contribution in [2.45, 2.75) is 52.0 Å². The zero-order valence-corrected chi connectivity index (χ0v) is 14.4. The van der Waals surface area contributed by atoms with Crippen LogP contribution < -0.4 is 0 Å². The highest BCUT2D eigenvalue weighted by Gasteiger charge is 2.32. The maximum absolute atomic E-state index is 12.9. The van der Waals surface area contributed by atoms with Crippen molar-refractivity contribution in [3.05, 3.63) is 64.2 Å². The standard InChI is InChI=1S/C20H22F3NO/c1-13-9-15(5-8-19(13)25)4-3-14(2)24-11-16-6-7-18(20(21,22)23)10-17(16)12-24/h5-10,14,25H,3-4,11-12H2,1-2H3/t14-/m1/s1. The van der Waals surface area contributed by atoms with E-state index in [9.17, 15) is 18.3 Å². The van der Waals surface area contributed by atoms with Crippen LogP contribution in [0.4, 0.5) is 13.2 Å². The second-order valence-corrected chi connectivity index (χ2v) is 6.89. The van der Waals surface area contributed by atoms with Gasteiger partial charge < -0.3 is 5.11 Å². The van der Waals surface area contributed by atoms with E-state index in [1.165, 1.54) is 17.7 Å². The van der Waals surface area contributed by atoms with E-state index in [1.54, 1.807) is 12.1 Å². The lowest BCUT2D eigenvalue weighted by Crippen LogP contribution is -2.28. The summed E-state index contributed by atoms with van der Waals surface area (Å²) >= 11 is 0. The highest BCUT2D eigenvalue weighted by molar-refractivity contribution is 5.36. The van der Waals surface area contributed by atoms with Gasteiger partial charge in [0, 0.05) is 19.1 Å². The average molecular weight is 349 g/mol. The first-order chi connectivity index (χ1) is 11.7. The normalized spacial score (nSPS) is 16.0. The molecule has 134 valence electrons. The van der Waals surface area contributed by atoms with Gasteiger partial charge in [0.1, 0.15) is 5.75 Å². The van der Waals surface area contributed by atoms with Gasteiger partial charge in [0.05, 0.1) is 5.56 Å². The number of nitrogens with zero attached hydrogens (tertiary/aromatic N) is 1. The van der Waals surface area contributed by atoms with Gasteiger partial charge in [-0.2, -0.15) is 13.2 Å². The predicted octanol–water partition coefficient (Wildman–Crippen LogP) is 5.06. The van der Waals surface area contributed by atoms with Crippen molar-refractivity contribution in [3.8, 4) is 5.75 Å². The Morgan fingerprint density at radius 2 is 1.80 bits per heavy atom. The molecule has 0 radical (unpaired) electrons. The zero-order valence-electron chi connectivity index (χ0n) is 14.4. The molecule has 0 aromatic heterocycles. The summed E-state index contributed by atoms with van der Waals surface area (Å²) in [6, 6.07) is 9.95. The molecule has 0 spiro atoms. The van der Waals surface area contributed by atoms with Crippen LogP contribution in [0.25, 0.3) is 0 Å². The van der Waals surface area contributed by atoms with Gasteiger partial charge in [-0.15, -0.1) is 0 Å². The number of fused-ring (bicyclic) bond motifs is 1. The fourth-order valence-corrected chi connectivity index (χ4v) is 3.34. The molecule has 0 saturated carbocycles. The van der Waals surface area contributed by atoms with Gasteiger partial charge >= 0.3 is 6.18 Å². The number of hydrogen-bond acceptors (Lipinski definition) is 2. The van der Waals surface area contributed by atoms with Crippen LogP contribution in [0.1, 0.15) is 41.2 Å². The van der Waals surface area contributed by atoms with Crippen molar-refractivity contribution in [2.24, 2.45) is 0 Å². The molecule has 0 aliphatic carbocycles. The van der Waals surface area contributed by atoms with E-state index in [2.05, 4.69) is 11.8 Å². The molecule has 1 aliphatic rings. The molecule has 2 aromatic carbocycles. The SMILES string of the molecule is Cc1cc(CC[C@@H](C)N2Cc3ccc(C(F)(F)F)cc3C2)ccc1O. The molecule has 1 aliphatic heterocycles. The largest absolute Gasteiger partial charge is 0.508 e. The highest BCUT2D eigenvalue weighted by atomic mass is 19.4. The van der Waals surface area contributed by atoms with Gasteiger partial charge in [-0.05, 0) is 67.1 Å². The smallest absolute Gasteiger partial charge is 0.416 e. The number of rotatable bonds is 4. The van der Waals surface area contributed by atoms with Crippen LogP contribution in [0.15, 0.2) is 36.4 Å². The van der Waals surface area contributed by atoms with Crippen LogP contribution >= 0.6 is 0 Å². The number of halogens is 3. The summed E-state index contributed by atoms with van der Waals surface area (Å²) in [7, 11) is 0. The van der Waals surface area contributed by atoms with Gasteiger partial charge in [-0.25, -0.2) is 0 Å². The number of phenols is 1. The average Bonchev–Trinajstić information content (AvgIpc) is 2.98. The Kier molecular flexibility index (Phi) is 4.78. The topological polar surface area (TPSA) is 23.5 Å². The molecule has 1 N–H and O–H groups in total. The summed E-state index contributed by atoms with van der Waals surface area (Å²) in [6.07, 6.45) is -2.49. The third-order valence-electron chi connectivity index (χ3n) is 5.02. The number of aryl methyl sites for hydroxylation is 2. The van der Waals surface area contributed by atoms with Crippen molar-refractivity contribution in [3.63, 3.8) is 0 Å². The number of phenolic OH excluding ortho intramolecular Hbond substituents is 1. The Balaban J connectivity index is 1.62. The molecular weight excluding hydrogens is 327 g/mol. The van der Waals surface area contributed by atoms with E-state index >= 15 is 0 Å².